The van der Waals surface area contributed by atoms with Crippen LogP contribution in [0.5, 0.6) is 11.5 Å². The fourth-order valence-electron chi connectivity index (χ4n) is 2.07. The molecule has 19 heavy (non-hydrogen) atoms. The Hall–Kier alpha value is -2.75. The smallest absolute Gasteiger partial charge is 0.262 e. The topological polar surface area (TPSA) is 62.5 Å². The van der Waals surface area contributed by atoms with Crippen LogP contribution in [0.4, 0.5) is 0 Å². The van der Waals surface area contributed by atoms with Crippen LogP contribution in [0.25, 0.3) is 10.9 Å². The third-order valence-corrected chi connectivity index (χ3v) is 3.02. The standard InChI is InChI=1S/C15H11NO3/c17-11-7-5-10(6-8-11)15(19)16-9-14(18)12-3-1-2-4-13(12)16/h1-9,17-18H. The van der Waals surface area contributed by atoms with Crippen molar-refractivity contribution in [1.29, 1.82) is 0 Å². The number of aromatic nitrogens is 1. The molecular formula is C15H11NO3. The summed E-state index contributed by atoms with van der Waals surface area (Å²) >= 11 is 0. The molecule has 3 aromatic rings. The summed E-state index contributed by atoms with van der Waals surface area (Å²) in [6, 6.07) is 13.1. The average molecular weight is 253 g/mol. The molecule has 0 fully saturated rings. The molecule has 0 atom stereocenters. The summed E-state index contributed by atoms with van der Waals surface area (Å²) in [5, 5.41) is 19.7. The number of carbonyl (C=O) groups is 1. The van der Waals surface area contributed by atoms with E-state index in [1.54, 1.807) is 30.3 Å². The van der Waals surface area contributed by atoms with E-state index in [9.17, 15) is 15.0 Å². The molecule has 94 valence electrons. The van der Waals surface area contributed by atoms with Gasteiger partial charge in [-0.2, -0.15) is 0 Å². The number of aromatic hydroxyl groups is 2. The molecule has 1 aromatic heterocycles. The summed E-state index contributed by atoms with van der Waals surface area (Å²) in [7, 11) is 0. The molecule has 1 heterocycles. The fraction of sp³-hybridized carbons (Fsp3) is 0. The van der Waals surface area contributed by atoms with Gasteiger partial charge in [-0.05, 0) is 36.4 Å². The number of nitrogens with zero attached hydrogens (tertiary/aromatic N) is 1. The minimum Gasteiger partial charge on any atom is -0.508 e. The van der Waals surface area contributed by atoms with Crippen LogP contribution in [0.1, 0.15) is 10.4 Å². The number of para-hydroxylation sites is 1. The summed E-state index contributed by atoms with van der Waals surface area (Å²) < 4.78 is 1.40. The molecule has 3 rings (SSSR count). The van der Waals surface area contributed by atoms with Gasteiger partial charge in [0.25, 0.3) is 5.91 Å². The van der Waals surface area contributed by atoms with E-state index >= 15 is 0 Å². The Morgan fingerprint density at radius 1 is 0.947 bits per heavy atom. The summed E-state index contributed by atoms with van der Waals surface area (Å²) in [5.41, 5.74) is 1.09. The predicted molar refractivity (Wildman–Crippen MR) is 71.4 cm³/mol. The number of phenolic OH excluding ortho intramolecular Hbond substituents is 1. The van der Waals surface area contributed by atoms with E-state index in [1.165, 1.54) is 22.9 Å². The summed E-state index contributed by atoms with van der Waals surface area (Å²) in [6.07, 6.45) is 1.40. The lowest BCUT2D eigenvalue weighted by Gasteiger charge is -2.03. The molecule has 0 bridgehead atoms. The van der Waals surface area contributed by atoms with Gasteiger partial charge in [0.05, 0.1) is 11.7 Å². The van der Waals surface area contributed by atoms with E-state index in [2.05, 4.69) is 0 Å². The Kier molecular flexibility index (Phi) is 2.49. The van der Waals surface area contributed by atoms with Crippen LogP contribution < -0.4 is 0 Å². The molecule has 4 nitrogen and oxygen atoms in total. The van der Waals surface area contributed by atoms with Crippen molar-refractivity contribution in [2.24, 2.45) is 0 Å². The Bertz CT molecular complexity index is 757. The second kappa shape index (κ2) is 4.17. The SMILES string of the molecule is O=C(c1ccc(O)cc1)n1cc(O)c2ccccc21. The highest BCUT2D eigenvalue weighted by molar-refractivity contribution is 6.03. The van der Waals surface area contributed by atoms with E-state index in [4.69, 9.17) is 0 Å². The highest BCUT2D eigenvalue weighted by atomic mass is 16.3. The summed E-state index contributed by atoms with van der Waals surface area (Å²) in [4.78, 5) is 12.4. The first-order chi connectivity index (χ1) is 9.16. The normalized spacial score (nSPS) is 10.7. The molecule has 2 N–H and O–H groups in total. The zero-order valence-electron chi connectivity index (χ0n) is 9.95. The van der Waals surface area contributed by atoms with Crippen molar-refractivity contribution < 1.29 is 15.0 Å². The molecule has 2 aromatic carbocycles. The Balaban J connectivity index is 2.14. The van der Waals surface area contributed by atoms with Crippen molar-refractivity contribution in [2.75, 3.05) is 0 Å². The predicted octanol–water partition coefficient (Wildman–Crippen LogP) is 2.74. The molecule has 0 aliphatic rings. The maximum atomic E-state index is 12.4. The number of rotatable bonds is 1. The molecule has 0 saturated carbocycles. The fourth-order valence-corrected chi connectivity index (χ4v) is 2.07. The van der Waals surface area contributed by atoms with Gasteiger partial charge in [0.1, 0.15) is 11.5 Å². The average Bonchev–Trinajstić information content (AvgIpc) is 2.77. The Labute approximate surface area is 109 Å². The van der Waals surface area contributed by atoms with E-state index in [0.29, 0.717) is 16.5 Å². The van der Waals surface area contributed by atoms with E-state index in [0.717, 1.165) is 0 Å². The molecule has 4 heteroatoms. The zero-order valence-corrected chi connectivity index (χ0v) is 9.95. The van der Waals surface area contributed by atoms with Gasteiger partial charge < -0.3 is 10.2 Å². The first-order valence-electron chi connectivity index (χ1n) is 5.79. The van der Waals surface area contributed by atoms with Crippen LogP contribution in [0.2, 0.25) is 0 Å². The number of hydrogen-bond acceptors (Lipinski definition) is 3. The van der Waals surface area contributed by atoms with E-state index < -0.39 is 0 Å². The van der Waals surface area contributed by atoms with Crippen LogP contribution in [0.15, 0.2) is 54.7 Å². The molecule has 0 unspecified atom stereocenters. The monoisotopic (exact) mass is 253 g/mol. The van der Waals surface area contributed by atoms with Gasteiger partial charge in [-0.3, -0.25) is 9.36 Å². The number of phenols is 1. The van der Waals surface area contributed by atoms with E-state index in [-0.39, 0.29) is 17.4 Å². The molecular weight excluding hydrogens is 242 g/mol. The Morgan fingerprint density at radius 2 is 1.63 bits per heavy atom. The summed E-state index contributed by atoms with van der Waals surface area (Å²) in [6.45, 7) is 0. The zero-order chi connectivity index (χ0) is 13.4. The highest BCUT2D eigenvalue weighted by Crippen LogP contribution is 2.27. The molecule has 0 radical (unpaired) electrons. The Morgan fingerprint density at radius 3 is 2.37 bits per heavy atom. The van der Waals surface area contributed by atoms with Gasteiger partial charge in [-0.1, -0.05) is 12.1 Å². The van der Waals surface area contributed by atoms with Crippen molar-refractivity contribution >= 4 is 16.8 Å². The van der Waals surface area contributed by atoms with Crippen molar-refractivity contribution in [3.8, 4) is 11.5 Å². The largest absolute Gasteiger partial charge is 0.508 e. The molecule has 0 amide bonds. The quantitative estimate of drug-likeness (QED) is 0.701. The van der Waals surface area contributed by atoms with Gasteiger partial charge in [0, 0.05) is 10.9 Å². The van der Waals surface area contributed by atoms with Crippen LogP contribution in [0, 0.1) is 0 Å². The van der Waals surface area contributed by atoms with Gasteiger partial charge >= 0.3 is 0 Å². The van der Waals surface area contributed by atoms with Gasteiger partial charge in [0.2, 0.25) is 0 Å². The van der Waals surface area contributed by atoms with Crippen LogP contribution >= 0.6 is 0 Å². The number of carbonyl (C=O) groups excluding carboxylic acids is 1. The third-order valence-electron chi connectivity index (χ3n) is 3.02. The lowest BCUT2D eigenvalue weighted by Crippen LogP contribution is -2.10. The van der Waals surface area contributed by atoms with Crippen LogP contribution in [-0.2, 0) is 0 Å². The number of hydrogen-bond donors (Lipinski definition) is 2. The second-order valence-corrected chi connectivity index (χ2v) is 4.25. The second-order valence-electron chi connectivity index (χ2n) is 4.25. The lowest BCUT2D eigenvalue weighted by atomic mass is 10.2. The van der Waals surface area contributed by atoms with Gasteiger partial charge in [-0.25, -0.2) is 0 Å². The van der Waals surface area contributed by atoms with Gasteiger partial charge in [-0.15, -0.1) is 0 Å². The van der Waals surface area contributed by atoms with Crippen molar-refractivity contribution in [2.45, 2.75) is 0 Å². The van der Waals surface area contributed by atoms with Crippen LogP contribution in [0.3, 0.4) is 0 Å². The highest BCUT2D eigenvalue weighted by Gasteiger charge is 2.14. The minimum absolute atomic E-state index is 0.0720. The van der Waals surface area contributed by atoms with Crippen molar-refractivity contribution in [3.05, 3.63) is 60.3 Å². The molecule has 0 saturated heterocycles. The van der Waals surface area contributed by atoms with Gasteiger partial charge in [0.15, 0.2) is 0 Å². The van der Waals surface area contributed by atoms with Crippen molar-refractivity contribution in [3.63, 3.8) is 0 Å². The van der Waals surface area contributed by atoms with Crippen molar-refractivity contribution in [1.82, 2.24) is 4.57 Å². The minimum atomic E-state index is -0.253. The lowest BCUT2D eigenvalue weighted by molar-refractivity contribution is 0.0964. The first-order valence-corrected chi connectivity index (χ1v) is 5.79. The van der Waals surface area contributed by atoms with E-state index in [1.807, 2.05) is 6.07 Å². The third kappa shape index (κ3) is 1.83. The van der Waals surface area contributed by atoms with Crippen LogP contribution in [-0.4, -0.2) is 20.7 Å². The summed E-state index contributed by atoms with van der Waals surface area (Å²) in [5.74, 6) is -0.0732. The molecule has 0 spiro atoms. The first kappa shape index (κ1) is 11.3. The number of benzene rings is 2. The number of fused-ring (bicyclic) bond motifs is 1. The molecule has 0 aliphatic carbocycles. The maximum Gasteiger partial charge on any atom is 0.262 e. The molecule has 0 aliphatic heterocycles. The maximum absolute atomic E-state index is 12.4.